The molecule has 0 radical (unpaired) electrons. The van der Waals surface area contributed by atoms with Crippen molar-refractivity contribution < 1.29 is 26.2 Å². The van der Waals surface area contributed by atoms with Gasteiger partial charge in [0.2, 0.25) is 5.95 Å². The van der Waals surface area contributed by atoms with Crippen LogP contribution in [0.3, 0.4) is 0 Å². The molecule has 3 aromatic heterocycles. The number of aromatic nitrogens is 5. The third-order valence-corrected chi connectivity index (χ3v) is 5.40. The van der Waals surface area contributed by atoms with Crippen molar-refractivity contribution in [3.05, 3.63) is 108 Å². The average Bonchev–Trinajstić information content (AvgIpc) is 3.41. The summed E-state index contributed by atoms with van der Waals surface area (Å²) in [6.07, 6.45) is 2.43. The van der Waals surface area contributed by atoms with E-state index in [0.717, 1.165) is 6.07 Å². The number of nitrogens with one attached hydrogen (secondary N) is 2. The fourth-order valence-electron chi connectivity index (χ4n) is 3.57. The predicted octanol–water partition coefficient (Wildman–Crippen LogP) is 6.36. The van der Waals surface area contributed by atoms with Gasteiger partial charge in [-0.25, -0.2) is 15.0 Å². The number of aryl methyl sites for hydroxylation is 1. The Balaban J connectivity index is 1.59. The fourth-order valence-corrected chi connectivity index (χ4v) is 3.57. The van der Waals surface area contributed by atoms with Gasteiger partial charge in [0.15, 0.2) is 0 Å². The number of amides is 1. The van der Waals surface area contributed by atoms with Gasteiger partial charge in [0.1, 0.15) is 0 Å². The van der Waals surface area contributed by atoms with Crippen molar-refractivity contribution in [3.63, 3.8) is 0 Å². The lowest BCUT2D eigenvalue weighted by molar-refractivity contribution is -0.137. The van der Waals surface area contributed by atoms with Crippen LogP contribution in [0.1, 0.15) is 35.4 Å². The third kappa shape index (κ3) is 5.93. The van der Waals surface area contributed by atoms with Crippen LogP contribution in [0.15, 0.2) is 85.6 Å². The fraction of sp³-hybridized carbons (Fsp3) is 0.107. The number of anilines is 3. The van der Waals surface area contributed by atoms with Gasteiger partial charge in [-0.3, -0.25) is 9.78 Å². The van der Waals surface area contributed by atoms with E-state index in [-0.39, 0.29) is 17.3 Å². The minimum absolute atomic E-state index is 0.0184. The second kappa shape index (κ2) is 10.4. The number of hydrogen-bond donors (Lipinski definition) is 2. The molecule has 3 heterocycles. The van der Waals surface area contributed by atoms with E-state index in [1.807, 2.05) is 0 Å². The van der Waals surface area contributed by atoms with Gasteiger partial charge < -0.3 is 15.2 Å². The number of carbonyl (C=O) groups excluding carboxylic acids is 1. The molecule has 0 aliphatic heterocycles. The number of pyridine rings is 1. The smallest absolute Gasteiger partial charge is 0.324 e. The minimum atomic E-state index is -4.79. The molecule has 0 unspecified atom stereocenters. The summed E-state index contributed by atoms with van der Waals surface area (Å²) < 4.78 is 92.2. The van der Waals surface area contributed by atoms with E-state index < -0.39 is 59.4 Å². The first-order valence-electron chi connectivity index (χ1n) is 14.3. The number of hydrogen-bond acceptors (Lipinski definition) is 6. The molecular weight excluding hydrogens is 507 g/mol. The summed E-state index contributed by atoms with van der Waals surface area (Å²) in [7, 11) is 0. The monoisotopic (exact) mass is 535 g/mol. The zero-order chi connectivity index (χ0) is 32.7. The van der Waals surface area contributed by atoms with Crippen LogP contribution in [0.4, 0.5) is 30.5 Å². The summed E-state index contributed by atoms with van der Waals surface area (Å²) in [6.45, 7) is -1.37. The van der Waals surface area contributed by atoms with Crippen LogP contribution in [-0.4, -0.2) is 30.4 Å². The van der Waals surface area contributed by atoms with Crippen LogP contribution in [0.5, 0.6) is 0 Å². The van der Waals surface area contributed by atoms with E-state index >= 15 is 0 Å². The maximum atomic E-state index is 13.8. The highest BCUT2D eigenvalue weighted by atomic mass is 19.4. The molecule has 8 nitrogen and oxygen atoms in total. The van der Waals surface area contributed by atoms with Crippen LogP contribution < -0.4 is 10.6 Å². The van der Waals surface area contributed by atoms with Gasteiger partial charge in [-0.2, -0.15) is 13.2 Å². The lowest BCUT2D eigenvalue weighted by atomic mass is 10.1. The van der Waals surface area contributed by atoms with Gasteiger partial charge in [0, 0.05) is 57.1 Å². The van der Waals surface area contributed by atoms with Crippen molar-refractivity contribution in [2.24, 2.45) is 0 Å². The van der Waals surface area contributed by atoms with Crippen LogP contribution in [-0.2, 0) is 6.18 Å². The van der Waals surface area contributed by atoms with Gasteiger partial charge in [0.05, 0.1) is 27.4 Å². The number of nitrogens with zero attached hydrogens (tertiary/aromatic N) is 5. The highest BCUT2D eigenvalue weighted by Gasteiger charge is 2.31. The molecule has 0 saturated carbocycles. The van der Waals surface area contributed by atoms with Crippen molar-refractivity contribution in [1.29, 1.82) is 0 Å². The quantitative estimate of drug-likeness (QED) is 0.263. The lowest BCUT2D eigenvalue weighted by Gasteiger charge is -2.14. The van der Waals surface area contributed by atoms with E-state index in [2.05, 4.69) is 30.6 Å². The largest absolute Gasteiger partial charge is 0.416 e. The summed E-state index contributed by atoms with van der Waals surface area (Å²) in [4.78, 5) is 29.9. The average molecular weight is 536 g/mol. The Hall–Kier alpha value is -5.06. The molecule has 0 bridgehead atoms. The molecule has 0 aliphatic carbocycles. The first-order valence-corrected chi connectivity index (χ1v) is 11.3. The third-order valence-electron chi connectivity index (χ3n) is 5.40. The lowest BCUT2D eigenvalue weighted by Crippen LogP contribution is -2.14. The Morgan fingerprint density at radius 3 is 2.72 bits per heavy atom. The summed E-state index contributed by atoms with van der Waals surface area (Å²) in [5.41, 5.74) is -1.92. The molecule has 5 aromatic rings. The predicted molar refractivity (Wildman–Crippen MR) is 141 cm³/mol. The molecule has 39 heavy (non-hydrogen) atoms. The molecule has 1 amide bonds. The molecule has 0 aliphatic rings. The van der Waals surface area contributed by atoms with Crippen LogP contribution in [0.2, 0.25) is 0 Å². The number of alkyl halides is 3. The van der Waals surface area contributed by atoms with Gasteiger partial charge >= 0.3 is 6.18 Å². The van der Waals surface area contributed by atoms with Crippen molar-refractivity contribution >= 4 is 23.2 Å². The molecule has 5 rings (SSSR count). The summed E-state index contributed by atoms with van der Waals surface area (Å²) >= 11 is 0. The maximum absolute atomic E-state index is 13.8. The van der Waals surface area contributed by atoms with Crippen molar-refractivity contribution in [2.45, 2.75) is 20.0 Å². The van der Waals surface area contributed by atoms with Gasteiger partial charge in [-0.15, -0.1) is 0 Å². The van der Waals surface area contributed by atoms with Crippen LogP contribution in [0.25, 0.3) is 16.9 Å². The number of carbonyl (C=O) groups is 1. The highest BCUT2D eigenvalue weighted by Crippen LogP contribution is 2.33. The number of halogens is 3. The second-order valence-electron chi connectivity index (χ2n) is 8.27. The van der Waals surface area contributed by atoms with E-state index in [0.29, 0.717) is 23.0 Å². The number of imidazole rings is 1. The topological polar surface area (TPSA) is 97.6 Å². The molecule has 11 heteroatoms. The normalized spacial score (nSPS) is 13.8. The Labute approximate surface area is 230 Å². The van der Waals surface area contributed by atoms with Crippen molar-refractivity contribution in [2.75, 3.05) is 10.6 Å². The first-order chi connectivity index (χ1) is 21.1. The zero-order valence-corrected chi connectivity index (χ0v) is 20.1. The van der Waals surface area contributed by atoms with Gasteiger partial charge in [0.25, 0.3) is 5.91 Å². The molecule has 2 N–H and O–H groups in total. The molecule has 196 valence electrons. The molecule has 0 spiro atoms. The molecule has 0 atom stereocenters. The Bertz CT molecular complexity index is 1910. The van der Waals surface area contributed by atoms with E-state index in [1.165, 1.54) is 35.6 Å². The van der Waals surface area contributed by atoms with E-state index in [1.54, 1.807) is 31.3 Å². The number of benzene rings is 2. The summed E-state index contributed by atoms with van der Waals surface area (Å²) in [5.74, 6) is -1.40. The van der Waals surface area contributed by atoms with Crippen molar-refractivity contribution in [3.8, 4) is 16.9 Å². The summed E-state index contributed by atoms with van der Waals surface area (Å²) in [5, 5.41) is 4.89. The SMILES string of the molecule is [2H]c1c([2H])c(C([2H])([2H])[2H])c(Nc2nccc(-c3cccnc3)n2)c([2H])c1C(=O)Nc1cc(-n2cnc(C)c2)cc(C(F)(F)F)c1. The number of rotatable bonds is 6. The first kappa shape index (κ1) is 19.1. The van der Waals surface area contributed by atoms with Crippen LogP contribution in [0, 0.1) is 13.8 Å². The standard InChI is InChI=1S/C28H22F3N7O/c1-17-5-6-19(10-25(17)37-27-33-9-7-24(36-27)20-4-3-8-32-14-20)26(39)35-22-11-21(28(29,30)31)12-23(13-22)38-15-18(2)34-16-38/h3-16H,1-2H3,(H,35,39)(H,33,36,37)/i1D3,5D,6D,10D. The second-order valence-corrected chi connectivity index (χ2v) is 8.27. The minimum Gasteiger partial charge on any atom is -0.324 e. The molecular formula is C28H22F3N7O. The Kier molecular flexibility index (Phi) is 5.07. The van der Waals surface area contributed by atoms with Crippen molar-refractivity contribution in [1.82, 2.24) is 24.5 Å². The van der Waals surface area contributed by atoms with Gasteiger partial charge in [-0.1, -0.05) is 6.04 Å². The zero-order valence-electron chi connectivity index (χ0n) is 26.1. The highest BCUT2D eigenvalue weighted by molar-refractivity contribution is 6.05. The van der Waals surface area contributed by atoms with E-state index in [9.17, 15) is 18.0 Å². The Morgan fingerprint density at radius 1 is 1.13 bits per heavy atom. The van der Waals surface area contributed by atoms with Crippen LogP contribution >= 0.6 is 0 Å². The molecule has 2 aromatic carbocycles. The Morgan fingerprint density at radius 2 is 2.00 bits per heavy atom. The molecule has 0 fully saturated rings. The summed E-state index contributed by atoms with van der Waals surface area (Å²) in [6, 6.07) is 5.12. The maximum Gasteiger partial charge on any atom is 0.416 e. The van der Waals surface area contributed by atoms with E-state index in [4.69, 9.17) is 8.22 Å². The van der Waals surface area contributed by atoms with Gasteiger partial charge in [-0.05, 0) is 67.8 Å². The molecule has 0 saturated heterocycles.